The van der Waals surface area contributed by atoms with Gasteiger partial charge in [0.2, 0.25) is 15.9 Å². The van der Waals surface area contributed by atoms with Crippen molar-refractivity contribution < 1.29 is 13.2 Å². The number of amides is 1. The van der Waals surface area contributed by atoms with Gasteiger partial charge in [0.1, 0.15) is 0 Å². The number of hydrogen-bond acceptors (Lipinski definition) is 4. The van der Waals surface area contributed by atoms with Crippen LogP contribution in [0.1, 0.15) is 24.0 Å². The monoisotopic (exact) mass is 473 g/mol. The fraction of sp³-hybridized carbons (Fsp3) is 0.259. The molecule has 1 fully saturated rings. The Morgan fingerprint density at radius 2 is 1.53 bits per heavy atom. The van der Waals surface area contributed by atoms with Gasteiger partial charge in [-0.2, -0.15) is 9.57 Å². The number of hydrogen-bond donors (Lipinski definition) is 0. The first-order chi connectivity index (χ1) is 16.4. The van der Waals surface area contributed by atoms with Gasteiger partial charge in [-0.15, -0.1) is 0 Å². The third kappa shape index (κ3) is 5.19. The van der Waals surface area contributed by atoms with Crippen molar-refractivity contribution >= 4 is 15.9 Å². The summed E-state index contributed by atoms with van der Waals surface area (Å²) in [6.07, 6.45) is 0.983. The summed E-state index contributed by atoms with van der Waals surface area (Å²) in [6, 6.07) is 26.3. The van der Waals surface area contributed by atoms with E-state index < -0.39 is 10.0 Å². The lowest BCUT2D eigenvalue weighted by molar-refractivity contribution is -0.135. The van der Waals surface area contributed by atoms with Gasteiger partial charge in [0.15, 0.2) is 0 Å². The zero-order valence-electron chi connectivity index (χ0n) is 19.1. The summed E-state index contributed by atoms with van der Waals surface area (Å²) >= 11 is 0. The van der Waals surface area contributed by atoms with E-state index in [0.29, 0.717) is 38.0 Å². The Kier molecular flexibility index (Phi) is 7.11. The predicted octanol–water partition coefficient (Wildman–Crippen LogP) is 4.28. The van der Waals surface area contributed by atoms with Crippen molar-refractivity contribution in [2.24, 2.45) is 5.92 Å². The molecular formula is C27H27N3O3S. The van der Waals surface area contributed by atoms with Crippen LogP contribution >= 0.6 is 0 Å². The summed E-state index contributed by atoms with van der Waals surface area (Å²) in [7, 11) is -1.83. The number of nitrogens with zero attached hydrogens (tertiary/aromatic N) is 3. The first kappa shape index (κ1) is 23.7. The highest BCUT2D eigenvalue weighted by Crippen LogP contribution is 2.26. The lowest BCUT2D eigenvalue weighted by Gasteiger charge is -2.32. The molecular weight excluding hydrogens is 446 g/mol. The summed E-state index contributed by atoms with van der Waals surface area (Å²) in [5.74, 6) is -0.149. The average molecular weight is 474 g/mol. The maximum atomic E-state index is 13.0. The van der Waals surface area contributed by atoms with Gasteiger partial charge in [-0.1, -0.05) is 54.6 Å². The van der Waals surface area contributed by atoms with E-state index in [2.05, 4.69) is 24.3 Å². The molecule has 0 unspecified atom stereocenters. The zero-order chi connectivity index (χ0) is 24.1. The van der Waals surface area contributed by atoms with E-state index in [1.165, 1.54) is 28.6 Å². The molecule has 0 spiro atoms. The van der Waals surface area contributed by atoms with Crippen LogP contribution in [0.2, 0.25) is 0 Å². The van der Waals surface area contributed by atoms with Gasteiger partial charge in [-0.25, -0.2) is 8.42 Å². The number of sulfonamides is 1. The van der Waals surface area contributed by atoms with Crippen LogP contribution in [0.5, 0.6) is 0 Å². The van der Waals surface area contributed by atoms with Gasteiger partial charge in [0, 0.05) is 32.6 Å². The van der Waals surface area contributed by atoms with Crippen LogP contribution in [-0.2, 0) is 21.4 Å². The highest BCUT2D eigenvalue weighted by molar-refractivity contribution is 7.89. The molecule has 0 saturated carbocycles. The predicted molar refractivity (Wildman–Crippen MR) is 131 cm³/mol. The number of rotatable bonds is 6. The van der Waals surface area contributed by atoms with E-state index in [-0.39, 0.29) is 16.7 Å². The van der Waals surface area contributed by atoms with Gasteiger partial charge < -0.3 is 4.90 Å². The van der Waals surface area contributed by atoms with Gasteiger partial charge in [0.25, 0.3) is 0 Å². The SMILES string of the molecule is CN(Cc1ccc(-c2ccccc2)cc1)C(=O)C1CCN(S(=O)(=O)c2ccc(C#N)cc2)CC1. The van der Waals surface area contributed by atoms with Crippen molar-refractivity contribution in [2.45, 2.75) is 24.3 Å². The van der Waals surface area contributed by atoms with Crippen molar-refractivity contribution in [3.8, 4) is 17.2 Å². The molecule has 1 amide bonds. The lowest BCUT2D eigenvalue weighted by Crippen LogP contribution is -2.43. The molecule has 0 aromatic heterocycles. The highest BCUT2D eigenvalue weighted by atomic mass is 32.2. The summed E-state index contributed by atoms with van der Waals surface area (Å²) in [5.41, 5.74) is 3.76. The molecule has 0 aliphatic carbocycles. The number of nitriles is 1. The minimum Gasteiger partial charge on any atom is -0.341 e. The maximum Gasteiger partial charge on any atom is 0.243 e. The Labute approximate surface area is 201 Å². The normalized spacial score (nSPS) is 14.9. The minimum atomic E-state index is -3.63. The van der Waals surface area contributed by atoms with E-state index in [0.717, 1.165) is 16.7 Å². The summed E-state index contributed by atoms with van der Waals surface area (Å²) in [4.78, 5) is 14.9. The number of benzene rings is 3. The molecule has 7 heteroatoms. The van der Waals surface area contributed by atoms with Crippen molar-refractivity contribution in [2.75, 3.05) is 20.1 Å². The lowest BCUT2D eigenvalue weighted by atomic mass is 9.96. The molecule has 0 atom stereocenters. The first-order valence-corrected chi connectivity index (χ1v) is 12.7. The smallest absolute Gasteiger partial charge is 0.243 e. The largest absolute Gasteiger partial charge is 0.341 e. The number of carbonyl (C=O) groups excluding carboxylic acids is 1. The molecule has 1 aliphatic rings. The first-order valence-electron chi connectivity index (χ1n) is 11.3. The van der Waals surface area contributed by atoms with Crippen LogP contribution in [0.4, 0.5) is 0 Å². The molecule has 1 heterocycles. The molecule has 3 aromatic carbocycles. The van der Waals surface area contributed by atoms with Crippen molar-refractivity contribution in [3.05, 3.63) is 90.0 Å². The second kappa shape index (κ2) is 10.2. The van der Waals surface area contributed by atoms with E-state index in [1.807, 2.05) is 36.4 Å². The fourth-order valence-corrected chi connectivity index (χ4v) is 5.76. The molecule has 0 N–H and O–H groups in total. The van der Waals surface area contributed by atoms with Crippen molar-refractivity contribution in [3.63, 3.8) is 0 Å². The van der Waals surface area contributed by atoms with Crippen LogP contribution < -0.4 is 0 Å². The molecule has 0 bridgehead atoms. The fourth-order valence-electron chi connectivity index (χ4n) is 4.29. The van der Waals surface area contributed by atoms with Crippen LogP contribution in [0.3, 0.4) is 0 Å². The van der Waals surface area contributed by atoms with Gasteiger partial charge in [-0.05, 0) is 53.8 Å². The maximum absolute atomic E-state index is 13.0. The molecule has 0 radical (unpaired) electrons. The molecule has 1 saturated heterocycles. The average Bonchev–Trinajstić information content (AvgIpc) is 2.89. The van der Waals surface area contributed by atoms with Gasteiger partial charge in [0.05, 0.1) is 16.5 Å². The number of piperidine rings is 1. The third-order valence-electron chi connectivity index (χ3n) is 6.28. The molecule has 4 rings (SSSR count). The standard InChI is InChI=1S/C27H27N3O3S/c1-29(20-22-7-11-24(12-8-22)23-5-3-2-4-6-23)27(31)25-15-17-30(18-16-25)34(32,33)26-13-9-21(19-28)10-14-26/h2-14,25H,15-18,20H2,1H3. The van der Waals surface area contributed by atoms with Crippen LogP contribution in [0, 0.1) is 17.2 Å². The molecule has 6 nitrogen and oxygen atoms in total. The third-order valence-corrected chi connectivity index (χ3v) is 8.19. The highest BCUT2D eigenvalue weighted by Gasteiger charge is 2.33. The second-order valence-electron chi connectivity index (χ2n) is 8.57. The second-order valence-corrected chi connectivity index (χ2v) is 10.5. The minimum absolute atomic E-state index is 0.0440. The topological polar surface area (TPSA) is 81.5 Å². The van der Waals surface area contributed by atoms with E-state index in [1.54, 1.807) is 11.9 Å². The van der Waals surface area contributed by atoms with Crippen LogP contribution in [0.25, 0.3) is 11.1 Å². The Bertz CT molecular complexity index is 1270. The van der Waals surface area contributed by atoms with Crippen molar-refractivity contribution in [1.29, 1.82) is 5.26 Å². The summed E-state index contributed by atoms with van der Waals surface area (Å²) < 4.78 is 27.3. The Morgan fingerprint density at radius 3 is 2.12 bits per heavy atom. The van der Waals surface area contributed by atoms with Gasteiger partial charge >= 0.3 is 0 Å². The molecule has 3 aromatic rings. The Balaban J connectivity index is 1.33. The van der Waals surface area contributed by atoms with E-state index in [9.17, 15) is 13.2 Å². The van der Waals surface area contributed by atoms with Crippen molar-refractivity contribution in [1.82, 2.24) is 9.21 Å². The molecule has 34 heavy (non-hydrogen) atoms. The number of carbonyl (C=O) groups is 1. The molecule has 1 aliphatic heterocycles. The Morgan fingerprint density at radius 1 is 0.941 bits per heavy atom. The summed E-state index contributed by atoms with van der Waals surface area (Å²) in [5, 5.41) is 8.91. The van der Waals surface area contributed by atoms with E-state index >= 15 is 0 Å². The summed E-state index contributed by atoms with van der Waals surface area (Å²) in [6.45, 7) is 1.12. The zero-order valence-corrected chi connectivity index (χ0v) is 19.9. The van der Waals surface area contributed by atoms with E-state index in [4.69, 9.17) is 5.26 Å². The quantitative estimate of drug-likeness (QED) is 0.535. The van der Waals surface area contributed by atoms with Crippen LogP contribution in [0.15, 0.2) is 83.8 Å². The Hall–Kier alpha value is -3.47. The van der Waals surface area contributed by atoms with Crippen LogP contribution in [-0.4, -0.2) is 43.7 Å². The van der Waals surface area contributed by atoms with Gasteiger partial charge in [-0.3, -0.25) is 4.79 Å². The molecule has 174 valence electrons.